The van der Waals surface area contributed by atoms with E-state index in [-0.39, 0.29) is 40.5 Å². The van der Waals surface area contributed by atoms with Crippen molar-refractivity contribution in [1.82, 2.24) is 14.6 Å². The Kier molecular flexibility index (Phi) is 11.9. The zero-order valence-corrected chi connectivity index (χ0v) is 33.2. The lowest BCUT2D eigenvalue weighted by Crippen LogP contribution is -2.66. The lowest BCUT2D eigenvalue weighted by Gasteiger charge is -2.51. The summed E-state index contributed by atoms with van der Waals surface area (Å²) in [4.78, 5) is 30.8. The van der Waals surface area contributed by atoms with Crippen molar-refractivity contribution < 1.29 is 36.8 Å². The van der Waals surface area contributed by atoms with Crippen molar-refractivity contribution in [2.45, 2.75) is 147 Å². The number of esters is 1. The Balaban J connectivity index is 1.94. The molecule has 0 spiro atoms. The Morgan fingerprint density at radius 3 is 2.29 bits per heavy atom. The average Bonchev–Trinajstić information content (AvgIpc) is 3.59. The number of nitrogens with one attached hydrogen (secondary N) is 1. The van der Waals surface area contributed by atoms with E-state index >= 15 is 0 Å². The molecule has 4 rings (SSSR count). The molecule has 2 aromatic rings. The van der Waals surface area contributed by atoms with Crippen molar-refractivity contribution in [3.05, 3.63) is 24.2 Å². The molecular formula is C34H55N5O8Si2. The number of aromatic nitrogens is 3. The van der Waals surface area contributed by atoms with E-state index in [1.165, 1.54) is 18.0 Å². The highest BCUT2D eigenvalue weighted by atomic mass is 28.5. The number of carbonyl (C=O) groups excluding carboxylic acids is 2. The zero-order chi connectivity index (χ0) is 36.5. The molecule has 13 nitrogen and oxygen atoms in total. The van der Waals surface area contributed by atoms with Gasteiger partial charge in [-0.3, -0.25) is 4.79 Å². The number of anilines is 1. The van der Waals surface area contributed by atoms with Crippen molar-refractivity contribution in [2.75, 3.05) is 19.0 Å². The number of hydrogen-bond donors (Lipinski definition) is 1. The second kappa shape index (κ2) is 14.9. The van der Waals surface area contributed by atoms with Crippen LogP contribution in [0.15, 0.2) is 18.5 Å². The molecule has 0 bridgehead atoms. The molecule has 0 saturated carbocycles. The largest absolute Gasteiger partial charge is 0.453 e. The van der Waals surface area contributed by atoms with Crippen LogP contribution in [0.4, 0.5) is 5.82 Å². The van der Waals surface area contributed by atoms with Gasteiger partial charge in [-0.2, -0.15) is 10.4 Å². The van der Waals surface area contributed by atoms with Crippen molar-refractivity contribution in [3.63, 3.8) is 0 Å². The number of hydrogen-bond acceptors (Lipinski definition) is 11. The van der Waals surface area contributed by atoms with Gasteiger partial charge in [-0.25, -0.2) is 14.3 Å². The molecule has 2 fully saturated rings. The standard InChI is InChI=1S/C34H55N5O8Si2/c1-13-14-15-28(40)38-31-25-16-17-27(39(25)37-20-36-31)34(19-35)30(44-32(41)33(10,11)42-12)29-26(45-34)18-43-48(21(2)3,22(4)5)47-49(46-29,23(6)7)24(8)9/h16-17,20-24,26,29-30H,13-15,18H2,1-12H3,(H,36,37,38,40)/t26-,29-,30-,34+/m1/s1. The quantitative estimate of drug-likeness (QED) is 0.195. The van der Waals surface area contributed by atoms with Gasteiger partial charge in [0.15, 0.2) is 17.5 Å². The number of fused-ring (bicyclic) bond motifs is 2. The summed E-state index contributed by atoms with van der Waals surface area (Å²) < 4.78 is 41.7. The minimum absolute atomic E-state index is 0.0242. The van der Waals surface area contributed by atoms with E-state index in [9.17, 15) is 14.9 Å². The van der Waals surface area contributed by atoms with Gasteiger partial charge in [0.2, 0.25) is 11.5 Å². The fraction of sp³-hybridized carbons (Fsp3) is 0.735. The van der Waals surface area contributed by atoms with E-state index in [2.05, 4.69) is 76.9 Å². The highest BCUT2D eigenvalue weighted by Crippen LogP contribution is 2.51. The minimum Gasteiger partial charge on any atom is -0.453 e. The van der Waals surface area contributed by atoms with Gasteiger partial charge in [-0.05, 0) is 54.6 Å². The Morgan fingerprint density at radius 2 is 1.73 bits per heavy atom. The Bertz CT molecular complexity index is 1520. The summed E-state index contributed by atoms with van der Waals surface area (Å²) in [5.41, 5.74) is -2.37. The van der Waals surface area contributed by atoms with Gasteiger partial charge in [0.25, 0.3) is 0 Å². The van der Waals surface area contributed by atoms with E-state index in [0.717, 1.165) is 12.8 Å². The number of nitriles is 1. The number of carbonyl (C=O) groups is 2. The van der Waals surface area contributed by atoms with Crippen LogP contribution >= 0.6 is 0 Å². The molecule has 4 heterocycles. The van der Waals surface area contributed by atoms with E-state index in [1.807, 2.05) is 6.92 Å². The SMILES string of the molecule is CCCCC(=O)Nc1ncnn2c([C@]3(C#N)O[C@@H]4CO[Si](C(C)C)(C(C)C)O[Si](C(C)C)(C(C)C)O[C@H]4[C@H]3OC(=O)C(C)(C)OC)ccc12. The van der Waals surface area contributed by atoms with Crippen molar-refractivity contribution in [1.29, 1.82) is 5.26 Å². The van der Waals surface area contributed by atoms with Gasteiger partial charge < -0.3 is 32.5 Å². The molecule has 49 heavy (non-hydrogen) atoms. The second-order valence-corrected chi connectivity index (χ2v) is 23.7. The number of ether oxygens (including phenoxy) is 3. The van der Waals surface area contributed by atoms with Crippen LogP contribution in [0, 0.1) is 11.3 Å². The molecule has 2 saturated heterocycles. The Hall–Kier alpha value is -2.72. The first-order valence-corrected chi connectivity index (χ1v) is 21.4. The number of amides is 1. The fourth-order valence-corrected chi connectivity index (χ4v) is 18.1. The predicted octanol–water partition coefficient (Wildman–Crippen LogP) is 6.27. The number of methoxy groups -OCH3 is 1. The summed E-state index contributed by atoms with van der Waals surface area (Å²) >= 11 is 0. The lowest BCUT2D eigenvalue weighted by atomic mass is 9.92. The summed E-state index contributed by atoms with van der Waals surface area (Å²) in [7, 11) is -4.75. The van der Waals surface area contributed by atoms with Gasteiger partial charge in [-0.1, -0.05) is 68.7 Å². The monoisotopic (exact) mass is 717 g/mol. The van der Waals surface area contributed by atoms with Crippen LogP contribution in [0.5, 0.6) is 0 Å². The molecule has 0 unspecified atom stereocenters. The smallest absolute Gasteiger partial charge is 0.338 e. The molecule has 15 heteroatoms. The average molecular weight is 718 g/mol. The van der Waals surface area contributed by atoms with E-state index in [0.29, 0.717) is 17.6 Å². The maximum absolute atomic E-state index is 13.8. The molecule has 272 valence electrons. The first-order chi connectivity index (χ1) is 23.0. The van der Waals surface area contributed by atoms with Crippen molar-refractivity contribution >= 4 is 40.3 Å². The lowest BCUT2D eigenvalue weighted by molar-refractivity contribution is -0.180. The molecular weight excluding hydrogens is 663 g/mol. The summed E-state index contributed by atoms with van der Waals surface area (Å²) in [5.74, 6) is -0.580. The highest BCUT2D eigenvalue weighted by molar-refractivity contribution is 6.84. The van der Waals surface area contributed by atoms with Crippen LogP contribution < -0.4 is 5.32 Å². The first kappa shape index (κ1) is 39.1. The third-order valence-corrected chi connectivity index (χ3v) is 20.2. The summed E-state index contributed by atoms with van der Waals surface area (Å²) in [6.07, 6.45) is 0.248. The zero-order valence-electron chi connectivity index (χ0n) is 31.2. The maximum Gasteiger partial charge on any atom is 0.338 e. The van der Waals surface area contributed by atoms with Gasteiger partial charge in [0.05, 0.1) is 12.3 Å². The second-order valence-electron chi connectivity index (χ2n) is 14.9. The minimum atomic E-state index is -3.22. The fourth-order valence-electron chi connectivity index (χ4n) is 6.89. The van der Waals surface area contributed by atoms with Crippen LogP contribution in [0.3, 0.4) is 0 Å². The topological polar surface area (TPSA) is 156 Å². The van der Waals surface area contributed by atoms with Gasteiger partial charge in [0.1, 0.15) is 30.1 Å². The van der Waals surface area contributed by atoms with Crippen molar-refractivity contribution in [3.8, 4) is 6.07 Å². The number of unbranched alkanes of at least 4 members (excludes halogenated alkanes) is 1. The van der Waals surface area contributed by atoms with E-state index in [1.54, 1.807) is 26.0 Å². The molecule has 2 aliphatic rings. The van der Waals surface area contributed by atoms with Crippen molar-refractivity contribution in [2.24, 2.45) is 0 Å². The molecule has 1 amide bonds. The molecule has 2 aliphatic heterocycles. The van der Waals surface area contributed by atoms with Crippen LogP contribution in [-0.4, -0.2) is 81.2 Å². The normalized spacial score (nSPS) is 25.3. The summed E-state index contributed by atoms with van der Waals surface area (Å²) in [6, 6.07) is 5.77. The Labute approximate surface area is 292 Å². The Morgan fingerprint density at radius 1 is 1.10 bits per heavy atom. The molecule has 0 aromatic carbocycles. The predicted molar refractivity (Wildman–Crippen MR) is 188 cm³/mol. The molecule has 1 N–H and O–H groups in total. The number of nitrogens with zero attached hydrogens (tertiary/aromatic N) is 4. The summed E-state index contributed by atoms with van der Waals surface area (Å²) in [6.45, 7) is 22.2. The number of rotatable bonds is 12. The van der Waals surface area contributed by atoms with Crippen LogP contribution in [0.25, 0.3) is 5.52 Å². The van der Waals surface area contributed by atoms with Gasteiger partial charge in [-0.15, -0.1) is 0 Å². The van der Waals surface area contributed by atoms with Crippen LogP contribution in [-0.2, 0) is 42.4 Å². The van der Waals surface area contributed by atoms with Gasteiger partial charge in [0, 0.05) is 13.5 Å². The van der Waals surface area contributed by atoms with E-state index in [4.69, 9.17) is 27.2 Å². The third-order valence-electron chi connectivity index (χ3n) is 9.98. The van der Waals surface area contributed by atoms with Crippen LogP contribution in [0.2, 0.25) is 22.2 Å². The van der Waals surface area contributed by atoms with Gasteiger partial charge >= 0.3 is 23.1 Å². The molecule has 0 aliphatic carbocycles. The maximum atomic E-state index is 13.8. The highest BCUT2D eigenvalue weighted by Gasteiger charge is 2.67. The molecule has 2 aromatic heterocycles. The van der Waals surface area contributed by atoms with Crippen LogP contribution in [0.1, 0.15) is 101 Å². The third kappa shape index (κ3) is 6.98. The van der Waals surface area contributed by atoms with E-state index < -0.39 is 52.6 Å². The molecule has 4 atom stereocenters. The summed E-state index contributed by atoms with van der Waals surface area (Å²) in [5, 5.41) is 18.5. The first-order valence-electron chi connectivity index (χ1n) is 17.5. The molecule has 0 radical (unpaired) electrons.